The van der Waals surface area contributed by atoms with Gasteiger partial charge in [-0.25, -0.2) is 0 Å². The molecule has 5 rings (SSSR count). The molecule has 7 unspecified atom stereocenters. The molecule has 4 aliphatic carbocycles. The minimum atomic E-state index is -0.0147. The van der Waals surface area contributed by atoms with Gasteiger partial charge >= 0.3 is 0 Å². The molecule has 4 saturated carbocycles. The molecule has 5 aliphatic rings. The van der Waals surface area contributed by atoms with Crippen molar-refractivity contribution in [1.82, 2.24) is 5.32 Å². The quantitative estimate of drug-likeness (QED) is 0.545. The van der Waals surface area contributed by atoms with Crippen LogP contribution in [0.3, 0.4) is 0 Å². The zero-order valence-electron chi connectivity index (χ0n) is 20.4. The molecule has 2 nitrogen and oxygen atoms in total. The maximum Gasteiger partial charge on any atom is 0.0543 e. The third-order valence-electron chi connectivity index (χ3n) is 12.1. The largest absolute Gasteiger partial charge is 0.393 e. The van der Waals surface area contributed by atoms with Gasteiger partial charge in [-0.3, -0.25) is 0 Å². The van der Waals surface area contributed by atoms with Crippen LogP contribution < -0.4 is 5.32 Å². The van der Waals surface area contributed by atoms with E-state index in [1.807, 2.05) is 0 Å². The average Bonchev–Trinajstić information content (AvgIpc) is 2.83. The van der Waals surface area contributed by atoms with Crippen LogP contribution in [0.15, 0.2) is 0 Å². The van der Waals surface area contributed by atoms with Gasteiger partial charge in [-0.2, -0.15) is 0 Å². The Labute approximate surface area is 186 Å². The lowest BCUT2D eigenvalue weighted by Gasteiger charge is -2.62. The first-order chi connectivity index (χ1) is 14.3. The van der Waals surface area contributed by atoms with Gasteiger partial charge in [0, 0.05) is 0 Å². The minimum absolute atomic E-state index is 0.0147. The first-order valence-electron chi connectivity index (χ1n) is 13.6. The number of aliphatic hydroxyl groups excluding tert-OH is 1. The lowest BCUT2D eigenvalue weighted by Crippen LogP contribution is -2.55. The number of aliphatic hydroxyl groups is 1. The molecule has 5 fully saturated rings. The molecule has 1 heterocycles. The summed E-state index contributed by atoms with van der Waals surface area (Å²) in [4.78, 5) is 0. The highest BCUT2D eigenvalue weighted by atomic mass is 16.3. The molecule has 0 aromatic rings. The molecule has 0 aromatic heterocycles. The van der Waals surface area contributed by atoms with Crippen molar-refractivity contribution in [2.24, 2.45) is 51.8 Å². The van der Waals surface area contributed by atoms with E-state index in [-0.39, 0.29) is 6.10 Å². The molecule has 0 radical (unpaired) electrons. The highest BCUT2D eigenvalue weighted by Gasteiger charge is 2.63. The molecule has 0 spiro atoms. The first-order valence-corrected chi connectivity index (χ1v) is 13.6. The second-order valence-corrected chi connectivity index (χ2v) is 13.6. The monoisotopic (exact) mass is 415 g/mol. The third kappa shape index (κ3) is 3.33. The van der Waals surface area contributed by atoms with E-state index in [2.05, 4.69) is 33.0 Å². The normalized spacial score (nSPS) is 56.5. The van der Waals surface area contributed by atoms with Gasteiger partial charge in [0.2, 0.25) is 0 Å². The van der Waals surface area contributed by atoms with Crippen molar-refractivity contribution < 1.29 is 5.11 Å². The van der Waals surface area contributed by atoms with Gasteiger partial charge < -0.3 is 10.4 Å². The summed E-state index contributed by atoms with van der Waals surface area (Å²) in [6.07, 6.45) is 16.5. The average molecular weight is 416 g/mol. The summed E-state index contributed by atoms with van der Waals surface area (Å²) in [5.41, 5.74) is 1.62. The standard InChI is InChI=1S/C28H49NO/c1-19-5-6-20(18-29-17-19)16-26(2)12-10-25-23-8-7-21-15-22(30)9-13-27(21,3)24(23)11-14-28(25,26)4/h19-25,29-30H,5-18H2,1-4H3/t19-,20?,21?,22?,23?,24?,25?,26?,27+,28+/m1/s1. The highest BCUT2D eigenvalue weighted by Crippen LogP contribution is 2.71. The van der Waals surface area contributed by atoms with Crippen LogP contribution in [0.1, 0.15) is 105 Å². The van der Waals surface area contributed by atoms with Crippen LogP contribution in [0.2, 0.25) is 0 Å². The molecule has 2 N–H and O–H groups in total. The van der Waals surface area contributed by atoms with Crippen LogP contribution in [-0.2, 0) is 0 Å². The van der Waals surface area contributed by atoms with E-state index in [4.69, 9.17) is 0 Å². The maximum atomic E-state index is 10.3. The number of rotatable bonds is 2. The summed E-state index contributed by atoms with van der Waals surface area (Å²) >= 11 is 0. The van der Waals surface area contributed by atoms with Crippen LogP contribution in [0.5, 0.6) is 0 Å². The minimum Gasteiger partial charge on any atom is -0.393 e. The van der Waals surface area contributed by atoms with E-state index in [0.717, 1.165) is 48.3 Å². The first kappa shape index (κ1) is 21.7. The Morgan fingerprint density at radius 2 is 1.63 bits per heavy atom. The highest BCUT2D eigenvalue weighted by molar-refractivity contribution is 5.12. The predicted octanol–water partition coefficient (Wildman–Crippen LogP) is 6.42. The van der Waals surface area contributed by atoms with E-state index < -0.39 is 0 Å². The molecule has 10 atom stereocenters. The fraction of sp³-hybridized carbons (Fsp3) is 1.00. The van der Waals surface area contributed by atoms with Crippen LogP contribution in [0.25, 0.3) is 0 Å². The molecular weight excluding hydrogens is 366 g/mol. The zero-order valence-corrected chi connectivity index (χ0v) is 20.4. The Morgan fingerprint density at radius 3 is 2.47 bits per heavy atom. The van der Waals surface area contributed by atoms with Gasteiger partial charge in [0.1, 0.15) is 0 Å². The molecule has 172 valence electrons. The van der Waals surface area contributed by atoms with Gasteiger partial charge in [0.15, 0.2) is 0 Å². The van der Waals surface area contributed by atoms with E-state index in [1.165, 1.54) is 77.3 Å². The molecule has 0 bridgehead atoms. The number of hydrogen-bond acceptors (Lipinski definition) is 2. The third-order valence-corrected chi connectivity index (χ3v) is 12.1. The van der Waals surface area contributed by atoms with Gasteiger partial charge in [-0.05, 0) is 142 Å². The fourth-order valence-electron chi connectivity index (χ4n) is 10.0. The summed E-state index contributed by atoms with van der Waals surface area (Å²) < 4.78 is 0. The number of fused-ring (bicyclic) bond motifs is 5. The summed E-state index contributed by atoms with van der Waals surface area (Å²) in [5, 5.41) is 14.1. The molecule has 0 aromatic carbocycles. The van der Waals surface area contributed by atoms with Crippen molar-refractivity contribution in [2.75, 3.05) is 13.1 Å². The van der Waals surface area contributed by atoms with Crippen molar-refractivity contribution in [1.29, 1.82) is 0 Å². The van der Waals surface area contributed by atoms with Crippen molar-refractivity contribution in [3.8, 4) is 0 Å². The Morgan fingerprint density at radius 1 is 0.833 bits per heavy atom. The van der Waals surface area contributed by atoms with Gasteiger partial charge in [0.05, 0.1) is 6.10 Å². The van der Waals surface area contributed by atoms with Crippen LogP contribution in [-0.4, -0.2) is 24.3 Å². The summed E-state index contributed by atoms with van der Waals surface area (Å²) in [7, 11) is 0. The van der Waals surface area contributed by atoms with Crippen molar-refractivity contribution in [2.45, 2.75) is 111 Å². The zero-order chi connectivity index (χ0) is 21.1. The van der Waals surface area contributed by atoms with Gasteiger partial charge in [0.25, 0.3) is 0 Å². The van der Waals surface area contributed by atoms with Crippen LogP contribution >= 0.6 is 0 Å². The number of hydrogen-bond donors (Lipinski definition) is 2. The van der Waals surface area contributed by atoms with Gasteiger partial charge in [-0.1, -0.05) is 27.7 Å². The van der Waals surface area contributed by atoms with E-state index >= 15 is 0 Å². The topological polar surface area (TPSA) is 32.3 Å². The Kier molecular flexibility index (Phi) is 5.62. The maximum absolute atomic E-state index is 10.3. The van der Waals surface area contributed by atoms with E-state index in [1.54, 1.807) is 0 Å². The SMILES string of the molecule is C[C@@H]1CCC(CC2(C)CCC3C4CCC5CC(O)CC[C@]5(C)C4CC[C@@]32C)CNC1. The van der Waals surface area contributed by atoms with Crippen molar-refractivity contribution in [3.05, 3.63) is 0 Å². The Balaban J connectivity index is 1.34. The van der Waals surface area contributed by atoms with Gasteiger partial charge in [-0.15, -0.1) is 0 Å². The summed E-state index contributed by atoms with van der Waals surface area (Å²) in [6.45, 7) is 13.0. The van der Waals surface area contributed by atoms with E-state index in [9.17, 15) is 5.11 Å². The molecular formula is C28H49NO. The number of nitrogens with one attached hydrogen (secondary N) is 1. The van der Waals surface area contributed by atoms with E-state index in [0.29, 0.717) is 16.2 Å². The lowest BCUT2D eigenvalue weighted by molar-refractivity contribution is -0.138. The summed E-state index contributed by atoms with van der Waals surface area (Å²) in [6, 6.07) is 0. The summed E-state index contributed by atoms with van der Waals surface area (Å²) in [5.74, 6) is 5.40. The van der Waals surface area contributed by atoms with Crippen LogP contribution in [0.4, 0.5) is 0 Å². The molecule has 30 heavy (non-hydrogen) atoms. The Bertz CT molecular complexity index is 634. The van der Waals surface area contributed by atoms with Crippen LogP contribution in [0, 0.1) is 51.8 Å². The van der Waals surface area contributed by atoms with Crippen molar-refractivity contribution in [3.63, 3.8) is 0 Å². The second-order valence-electron chi connectivity index (χ2n) is 13.6. The Hall–Kier alpha value is -0.0800. The molecule has 1 aliphatic heterocycles. The fourth-order valence-corrected chi connectivity index (χ4v) is 10.0. The second kappa shape index (κ2) is 7.75. The predicted molar refractivity (Wildman–Crippen MR) is 125 cm³/mol. The smallest absolute Gasteiger partial charge is 0.0543 e. The molecule has 1 saturated heterocycles. The molecule has 2 heteroatoms. The van der Waals surface area contributed by atoms with Crippen molar-refractivity contribution >= 4 is 0 Å². The molecule has 0 amide bonds. The lowest BCUT2D eigenvalue weighted by atomic mass is 9.43.